The third kappa shape index (κ3) is 3.91. The van der Waals surface area contributed by atoms with Crippen molar-refractivity contribution in [3.05, 3.63) is 33.9 Å². The molecule has 0 aliphatic heterocycles. The molecule has 0 heterocycles. The SMILES string of the molecule is CNS(=O)(=O)c1ccc(CC(Cl)C(C)C)c([N+](=O)[O-])c1. The molecule has 0 spiro atoms. The quantitative estimate of drug-likeness (QED) is 0.495. The fourth-order valence-corrected chi connectivity index (χ4v) is 2.53. The van der Waals surface area contributed by atoms with Crippen molar-refractivity contribution in [1.29, 1.82) is 0 Å². The van der Waals surface area contributed by atoms with Gasteiger partial charge < -0.3 is 0 Å². The molecule has 8 heteroatoms. The summed E-state index contributed by atoms with van der Waals surface area (Å²) in [6.07, 6.45) is 0.315. The van der Waals surface area contributed by atoms with E-state index in [1.54, 1.807) is 0 Å². The van der Waals surface area contributed by atoms with Crippen molar-refractivity contribution in [2.24, 2.45) is 5.92 Å². The second kappa shape index (κ2) is 6.51. The van der Waals surface area contributed by atoms with Gasteiger partial charge in [0.2, 0.25) is 10.0 Å². The van der Waals surface area contributed by atoms with Gasteiger partial charge in [0.25, 0.3) is 5.69 Å². The average Bonchev–Trinajstić information content (AvgIpc) is 2.38. The van der Waals surface area contributed by atoms with Gasteiger partial charge in [0, 0.05) is 17.0 Å². The lowest BCUT2D eigenvalue weighted by molar-refractivity contribution is -0.385. The number of halogens is 1. The Morgan fingerprint density at radius 1 is 1.40 bits per heavy atom. The first-order chi connectivity index (χ1) is 9.19. The summed E-state index contributed by atoms with van der Waals surface area (Å²) >= 11 is 6.13. The molecule has 0 aliphatic carbocycles. The molecule has 0 amide bonds. The Morgan fingerprint density at radius 2 is 2.00 bits per heavy atom. The van der Waals surface area contributed by atoms with Crippen LogP contribution in [0.15, 0.2) is 23.1 Å². The fourth-order valence-electron chi connectivity index (χ4n) is 1.62. The zero-order valence-corrected chi connectivity index (χ0v) is 13.0. The predicted octanol–water partition coefficient (Wildman–Crippen LogP) is 2.31. The lowest BCUT2D eigenvalue weighted by atomic mass is 10.0. The summed E-state index contributed by atoms with van der Waals surface area (Å²) in [5.41, 5.74) is 0.200. The standard InChI is InChI=1S/C12H17ClN2O4S/c1-8(2)11(13)6-9-4-5-10(20(18,19)14-3)7-12(9)15(16)17/h4-5,7-8,11,14H,6H2,1-3H3. The summed E-state index contributed by atoms with van der Waals surface area (Å²) in [6, 6.07) is 3.85. The molecule has 0 saturated carbocycles. The fraction of sp³-hybridized carbons (Fsp3) is 0.500. The van der Waals surface area contributed by atoms with Crippen LogP contribution in [-0.4, -0.2) is 25.8 Å². The van der Waals surface area contributed by atoms with Crippen molar-refractivity contribution < 1.29 is 13.3 Å². The van der Waals surface area contributed by atoms with Crippen molar-refractivity contribution in [2.75, 3.05) is 7.05 Å². The van der Waals surface area contributed by atoms with E-state index in [2.05, 4.69) is 4.72 Å². The molecule has 0 aromatic heterocycles. The van der Waals surface area contributed by atoms with E-state index < -0.39 is 14.9 Å². The third-order valence-corrected chi connectivity index (χ3v) is 5.04. The predicted molar refractivity (Wildman–Crippen MR) is 77.5 cm³/mol. The number of nitro benzene ring substituents is 1. The minimum atomic E-state index is -3.70. The van der Waals surface area contributed by atoms with E-state index >= 15 is 0 Å². The van der Waals surface area contributed by atoms with Crippen LogP contribution in [0, 0.1) is 16.0 Å². The van der Waals surface area contributed by atoms with Gasteiger partial charge in [-0.2, -0.15) is 0 Å². The molecule has 0 aliphatic rings. The summed E-state index contributed by atoms with van der Waals surface area (Å²) < 4.78 is 25.4. The number of benzene rings is 1. The highest BCUT2D eigenvalue weighted by molar-refractivity contribution is 7.89. The van der Waals surface area contributed by atoms with E-state index in [0.29, 0.717) is 12.0 Å². The average molecular weight is 321 g/mol. The molecule has 1 rings (SSSR count). The highest BCUT2D eigenvalue weighted by Crippen LogP contribution is 2.26. The van der Waals surface area contributed by atoms with Gasteiger partial charge in [-0.05, 0) is 25.5 Å². The zero-order valence-electron chi connectivity index (χ0n) is 11.5. The number of hydrogen-bond acceptors (Lipinski definition) is 4. The van der Waals surface area contributed by atoms with Gasteiger partial charge in [-0.15, -0.1) is 11.6 Å². The molecule has 1 atom stereocenters. The Kier molecular flexibility index (Phi) is 5.50. The maximum Gasteiger partial charge on any atom is 0.273 e. The van der Waals surface area contributed by atoms with Gasteiger partial charge in [0.15, 0.2) is 0 Å². The molecular formula is C12H17ClN2O4S. The topological polar surface area (TPSA) is 89.3 Å². The monoisotopic (exact) mass is 320 g/mol. The Morgan fingerprint density at radius 3 is 2.45 bits per heavy atom. The van der Waals surface area contributed by atoms with Crippen LogP contribution in [0.3, 0.4) is 0 Å². The Labute approximate surface area is 123 Å². The largest absolute Gasteiger partial charge is 0.273 e. The molecule has 1 unspecified atom stereocenters. The first kappa shape index (κ1) is 16.9. The van der Waals surface area contributed by atoms with E-state index in [1.165, 1.54) is 19.2 Å². The molecule has 0 radical (unpaired) electrons. The van der Waals surface area contributed by atoms with Crippen molar-refractivity contribution >= 4 is 27.3 Å². The summed E-state index contributed by atoms with van der Waals surface area (Å²) in [5, 5.41) is 10.8. The van der Waals surface area contributed by atoms with Crippen LogP contribution in [0.25, 0.3) is 0 Å². The van der Waals surface area contributed by atoms with Crippen LogP contribution in [0.1, 0.15) is 19.4 Å². The highest BCUT2D eigenvalue weighted by Gasteiger charge is 2.22. The number of rotatable bonds is 6. The lowest BCUT2D eigenvalue weighted by Crippen LogP contribution is -2.19. The van der Waals surface area contributed by atoms with E-state index in [9.17, 15) is 18.5 Å². The van der Waals surface area contributed by atoms with Crippen molar-refractivity contribution in [3.8, 4) is 0 Å². The zero-order chi connectivity index (χ0) is 15.5. The van der Waals surface area contributed by atoms with Crippen molar-refractivity contribution in [2.45, 2.75) is 30.5 Å². The van der Waals surface area contributed by atoms with Crippen LogP contribution >= 0.6 is 11.6 Å². The van der Waals surface area contributed by atoms with Crippen LogP contribution in [-0.2, 0) is 16.4 Å². The molecule has 0 saturated heterocycles. The van der Waals surface area contributed by atoms with Gasteiger partial charge in [0.05, 0.1) is 9.82 Å². The minimum absolute atomic E-state index is 0.133. The van der Waals surface area contributed by atoms with Crippen molar-refractivity contribution in [1.82, 2.24) is 4.72 Å². The smallest absolute Gasteiger partial charge is 0.258 e. The first-order valence-electron chi connectivity index (χ1n) is 6.04. The van der Waals surface area contributed by atoms with Gasteiger partial charge in [0.1, 0.15) is 0 Å². The van der Waals surface area contributed by atoms with Crippen LogP contribution in [0.2, 0.25) is 0 Å². The summed E-state index contributed by atoms with van der Waals surface area (Å²) in [5.74, 6) is 0.164. The number of hydrogen-bond donors (Lipinski definition) is 1. The van der Waals surface area contributed by atoms with E-state index in [-0.39, 0.29) is 21.9 Å². The molecule has 1 aromatic rings. The van der Waals surface area contributed by atoms with E-state index in [1.807, 2.05) is 13.8 Å². The van der Waals surface area contributed by atoms with Gasteiger partial charge >= 0.3 is 0 Å². The second-order valence-electron chi connectivity index (χ2n) is 4.72. The molecule has 1 aromatic carbocycles. The van der Waals surface area contributed by atoms with Crippen LogP contribution in [0.5, 0.6) is 0 Å². The summed E-state index contributed by atoms with van der Waals surface area (Å²) in [4.78, 5) is 10.4. The number of nitro groups is 1. The summed E-state index contributed by atoms with van der Waals surface area (Å²) in [6.45, 7) is 3.84. The minimum Gasteiger partial charge on any atom is -0.258 e. The first-order valence-corrected chi connectivity index (χ1v) is 7.96. The lowest BCUT2D eigenvalue weighted by Gasteiger charge is -2.13. The molecular weight excluding hydrogens is 304 g/mol. The molecule has 112 valence electrons. The van der Waals surface area contributed by atoms with Gasteiger partial charge in [-0.3, -0.25) is 10.1 Å². The van der Waals surface area contributed by atoms with Crippen LogP contribution < -0.4 is 4.72 Å². The third-order valence-electron chi connectivity index (χ3n) is 2.97. The molecule has 20 heavy (non-hydrogen) atoms. The Bertz CT molecular complexity index is 601. The molecule has 6 nitrogen and oxygen atoms in total. The number of nitrogens with one attached hydrogen (secondary N) is 1. The second-order valence-corrected chi connectivity index (χ2v) is 7.17. The van der Waals surface area contributed by atoms with Gasteiger partial charge in [-0.25, -0.2) is 13.1 Å². The number of sulfonamides is 1. The van der Waals surface area contributed by atoms with Gasteiger partial charge in [-0.1, -0.05) is 19.9 Å². The number of nitrogens with zero attached hydrogens (tertiary/aromatic N) is 1. The van der Waals surface area contributed by atoms with Crippen molar-refractivity contribution in [3.63, 3.8) is 0 Å². The molecule has 0 fully saturated rings. The highest BCUT2D eigenvalue weighted by atomic mass is 35.5. The van der Waals surface area contributed by atoms with E-state index in [4.69, 9.17) is 11.6 Å². The summed E-state index contributed by atoms with van der Waals surface area (Å²) in [7, 11) is -2.45. The van der Waals surface area contributed by atoms with Crippen LogP contribution in [0.4, 0.5) is 5.69 Å². The number of alkyl halides is 1. The Hall–Kier alpha value is -1.18. The molecule has 1 N–H and O–H groups in total. The Balaban J connectivity index is 3.25. The maximum absolute atomic E-state index is 11.7. The normalized spacial score (nSPS) is 13.4. The van der Waals surface area contributed by atoms with E-state index in [0.717, 1.165) is 6.07 Å². The maximum atomic E-state index is 11.7. The molecule has 0 bridgehead atoms.